The molecule has 30 heavy (non-hydrogen) atoms. The molecule has 0 unspecified atom stereocenters. The molecule has 2 aliphatic rings. The molecule has 2 N–H and O–H groups in total. The van der Waals surface area contributed by atoms with Crippen molar-refractivity contribution in [3.63, 3.8) is 0 Å². The van der Waals surface area contributed by atoms with Crippen LogP contribution in [0.4, 0.5) is 5.69 Å². The number of hydrogen-bond acceptors (Lipinski definition) is 6. The smallest absolute Gasteiger partial charge is 0.248 e. The van der Waals surface area contributed by atoms with Crippen LogP contribution in [0.3, 0.4) is 0 Å². The SMILES string of the molecule is CCOc1ccc([C@@H]2C(C#N)=C(N)S[C@H]3C(=O)N(c4ccc(Br)cc4)C(=O)[C@@H]32)cc1. The largest absolute Gasteiger partial charge is 0.494 e. The van der Waals surface area contributed by atoms with Crippen LogP contribution in [0.1, 0.15) is 18.4 Å². The number of nitriles is 1. The Morgan fingerprint density at radius 3 is 2.40 bits per heavy atom. The summed E-state index contributed by atoms with van der Waals surface area (Å²) in [6.07, 6.45) is 0. The first-order valence-electron chi connectivity index (χ1n) is 9.38. The lowest BCUT2D eigenvalue weighted by Crippen LogP contribution is -2.33. The maximum atomic E-state index is 13.4. The third-order valence-electron chi connectivity index (χ3n) is 5.24. The van der Waals surface area contributed by atoms with Gasteiger partial charge in [0, 0.05) is 10.4 Å². The molecule has 3 atom stereocenters. The Bertz CT molecular complexity index is 1080. The summed E-state index contributed by atoms with van der Waals surface area (Å²) >= 11 is 4.47. The number of nitrogens with two attached hydrogens (primary N) is 1. The van der Waals surface area contributed by atoms with Gasteiger partial charge in [-0.1, -0.05) is 39.8 Å². The Morgan fingerprint density at radius 1 is 1.13 bits per heavy atom. The Labute approximate surface area is 186 Å². The van der Waals surface area contributed by atoms with E-state index in [9.17, 15) is 14.9 Å². The first-order valence-corrected chi connectivity index (χ1v) is 11.1. The van der Waals surface area contributed by atoms with Crippen LogP contribution in [0.15, 0.2) is 63.6 Å². The summed E-state index contributed by atoms with van der Waals surface area (Å²) in [4.78, 5) is 27.8. The molecule has 0 bridgehead atoms. The number of anilines is 1. The van der Waals surface area contributed by atoms with Crippen LogP contribution in [-0.4, -0.2) is 23.7 Å². The number of amides is 2. The zero-order valence-electron chi connectivity index (χ0n) is 16.0. The fourth-order valence-electron chi connectivity index (χ4n) is 3.92. The molecule has 0 radical (unpaired) electrons. The van der Waals surface area contributed by atoms with Gasteiger partial charge < -0.3 is 10.5 Å². The summed E-state index contributed by atoms with van der Waals surface area (Å²) in [5, 5.41) is 9.39. The first-order chi connectivity index (χ1) is 14.5. The summed E-state index contributed by atoms with van der Waals surface area (Å²) < 4.78 is 6.34. The number of nitrogens with zero attached hydrogens (tertiary/aromatic N) is 2. The second-order valence-electron chi connectivity index (χ2n) is 6.92. The lowest BCUT2D eigenvalue weighted by Gasteiger charge is -2.30. The fourth-order valence-corrected chi connectivity index (χ4v) is 5.39. The van der Waals surface area contributed by atoms with E-state index in [4.69, 9.17) is 10.5 Å². The molecule has 0 saturated carbocycles. The second-order valence-corrected chi connectivity index (χ2v) is 9.02. The van der Waals surface area contributed by atoms with Gasteiger partial charge >= 0.3 is 0 Å². The Morgan fingerprint density at radius 2 is 1.80 bits per heavy atom. The number of thioether (sulfide) groups is 1. The predicted octanol–water partition coefficient (Wildman–Crippen LogP) is 3.93. The van der Waals surface area contributed by atoms with Crippen molar-refractivity contribution in [1.29, 1.82) is 5.26 Å². The van der Waals surface area contributed by atoms with E-state index in [1.165, 1.54) is 4.90 Å². The number of carbonyl (C=O) groups excluding carboxylic acids is 2. The van der Waals surface area contributed by atoms with Gasteiger partial charge in [-0.05, 0) is 48.9 Å². The molecule has 1 fully saturated rings. The molecular weight excluding hydrogens is 466 g/mol. The van der Waals surface area contributed by atoms with Gasteiger partial charge in [0.05, 0.1) is 34.9 Å². The van der Waals surface area contributed by atoms with Crippen molar-refractivity contribution in [3.8, 4) is 11.8 Å². The van der Waals surface area contributed by atoms with E-state index in [-0.39, 0.29) is 16.8 Å². The van der Waals surface area contributed by atoms with Crippen molar-refractivity contribution in [2.75, 3.05) is 11.5 Å². The van der Waals surface area contributed by atoms with E-state index < -0.39 is 17.1 Å². The van der Waals surface area contributed by atoms with E-state index in [2.05, 4.69) is 22.0 Å². The molecule has 6 nitrogen and oxygen atoms in total. The fraction of sp³-hybridized carbons (Fsp3) is 0.227. The van der Waals surface area contributed by atoms with Gasteiger partial charge in [-0.2, -0.15) is 5.26 Å². The molecule has 0 aromatic heterocycles. The Hall–Kier alpha value is -2.76. The van der Waals surface area contributed by atoms with Gasteiger partial charge in [-0.25, -0.2) is 4.90 Å². The number of benzene rings is 2. The number of hydrogen-bond donors (Lipinski definition) is 1. The van der Waals surface area contributed by atoms with Gasteiger partial charge in [0.1, 0.15) is 11.0 Å². The number of allylic oxidation sites excluding steroid dienone is 1. The zero-order valence-corrected chi connectivity index (χ0v) is 18.4. The van der Waals surface area contributed by atoms with Crippen molar-refractivity contribution in [2.45, 2.75) is 18.1 Å². The van der Waals surface area contributed by atoms with Crippen molar-refractivity contribution < 1.29 is 14.3 Å². The van der Waals surface area contributed by atoms with Crippen LogP contribution < -0.4 is 15.4 Å². The summed E-state index contributed by atoms with van der Waals surface area (Å²) in [5.74, 6) is -1.23. The average molecular weight is 484 g/mol. The Balaban J connectivity index is 1.77. The minimum atomic E-state index is -0.703. The van der Waals surface area contributed by atoms with Gasteiger partial charge in [-0.3, -0.25) is 9.59 Å². The number of halogens is 1. The van der Waals surface area contributed by atoms with Crippen LogP contribution in [0, 0.1) is 17.2 Å². The minimum absolute atomic E-state index is 0.288. The predicted molar refractivity (Wildman–Crippen MR) is 119 cm³/mol. The summed E-state index contributed by atoms with van der Waals surface area (Å²) in [6.45, 7) is 2.43. The lowest BCUT2D eigenvalue weighted by atomic mass is 9.79. The Kier molecular flexibility index (Phi) is 5.58. The highest BCUT2D eigenvalue weighted by atomic mass is 79.9. The van der Waals surface area contributed by atoms with Crippen LogP contribution in [0.5, 0.6) is 5.75 Å². The molecule has 2 aromatic carbocycles. The first kappa shape index (κ1) is 20.5. The molecule has 8 heteroatoms. The molecule has 2 amide bonds. The number of carbonyl (C=O) groups is 2. The third kappa shape index (κ3) is 3.38. The van der Waals surface area contributed by atoms with Crippen molar-refractivity contribution in [2.24, 2.45) is 11.7 Å². The van der Waals surface area contributed by atoms with E-state index in [1.807, 2.05) is 19.1 Å². The van der Waals surface area contributed by atoms with Gasteiger partial charge in [-0.15, -0.1) is 0 Å². The standard InChI is InChI=1S/C22H18BrN3O3S/c1-2-29-15-9-3-12(4-10-15)17-16(11-24)20(25)30-19-18(17)21(27)26(22(19)28)14-7-5-13(23)6-8-14/h3-10,17-19H,2,25H2,1H3/t17-,18-,19-/m1/s1. The number of imide groups is 1. The van der Waals surface area contributed by atoms with Crippen LogP contribution in [0.2, 0.25) is 0 Å². The molecule has 2 heterocycles. The van der Waals surface area contributed by atoms with Gasteiger partial charge in [0.15, 0.2) is 0 Å². The third-order valence-corrected chi connectivity index (χ3v) is 6.99. The minimum Gasteiger partial charge on any atom is -0.494 e. The van der Waals surface area contributed by atoms with E-state index in [1.54, 1.807) is 36.4 Å². The monoisotopic (exact) mass is 483 g/mol. The van der Waals surface area contributed by atoms with E-state index in [0.29, 0.717) is 23.6 Å². The summed E-state index contributed by atoms with van der Waals surface area (Å²) in [7, 11) is 0. The second kappa shape index (κ2) is 8.17. The maximum Gasteiger partial charge on any atom is 0.248 e. The maximum absolute atomic E-state index is 13.4. The van der Waals surface area contributed by atoms with E-state index >= 15 is 0 Å². The van der Waals surface area contributed by atoms with Crippen molar-refractivity contribution >= 4 is 45.2 Å². The quantitative estimate of drug-likeness (QED) is 0.661. The topological polar surface area (TPSA) is 96.4 Å². The molecular formula is C22H18BrN3O3S. The molecule has 0 aliphatic carbocycles. The van der Waals surface area contributed by atoms with Gasteiger partial charge in [0.25, 0.3) is 0 Å². The van der Waals surface area contributed by atoms with Crippen molar-refractivity contribution in [3.05, 3.63) is 69.2 Å². The number of rotatable bonds is 4. The van der Waals surface area contributed by atoms with Gasteiger partial charge in [0.2, 0.25) is 11.8 Å². The molecule has 1 saturated heterocycles. The lowest BCUT2D eigenvalue weighted by molar-refractivity contribution is -0.122. The van der Waals surface area contributed by atoms with Crippen LogP contribution in [-0.2, 0) is 9.59 Å². The highest BCUT2D eigenvalue weighted by Gasteiger charge is 2.56. The average Bonchev–Trinajstić information content (AvgIpc) is 2.98. The summed E-state index contributed by atoms with van der Waals surface area (Å²) in [6, 6.07) is 16.4. The normalized spacial score (nSPS) is 23.4. The summed E-state index contributed by atoms with van der Waals surface area (Å²) in [5.41, 5.74) is 7.75. The molecule has 152 valence electrons. The van der Waals surface area contributed by atoms with Crippen LogP contribution >= 0.6 is 27.7 Å². The van der Waals surface area contributed by atoms with Crippen LogP contribution in [0.25, 0.3) is 0 Å². The highest BCUT2D eigenvalue weighted by Crippen LogP contribution is 2.50. The molecule has 4 rings (SSSR count). The number of fused-ring (bicyclic) bond motifs is 1. The molecule has 0 spiro atoms. The number of ether oxygens (including phenoxy) is 1. The molecule has 2 aliphatic heterocycles. The zero-order chi connectivity index (χ0) is 21.4. The molecule has 2 aromatic rings. The van der Waals surface area contributed by atoms with E-state index in [0.717, 1.165) is 21.8 Å². The van der Waals surface area contributed by atoms with Crippen molar-refractivity contribution in [1.82, 2.24) is 0 Å². The highest BCUT2D eigenvalue weighted by molar-refractivity contribution is 9.10.